The summed E-state index contributed by atoms with van der Waals surface area (Å²) in [5.74, 6) is -0.488. The van der Waals surface area contributed by atoms with Gasteiger partial charge in [0.2, 0.25) is 5.91 Å². The zero-order chi connectivity index (χ0) is 13.8. The molecule has 1 aliphatic rings. The van der Waals surface area contributed by atoms with Gasteiger partial charge < -0.3 is 4.90 Å². The Balaban J connectivity index is 2.36. The number of amides is 1. The highest BCUT2D eigenvalue weighted by atomic mass is 32.2. The van der Waals surface area contributed by atoms with Crippen LogP contribution >= 0.6 is 0 Å². The summed E-state index contributed by atoms with van der Waals surface area (Å²) in [6.07, 6.45) is 1.77. The molecule has 0 spiro atoms. The maximum atomic E-state index is 11.7. The van der Waals surface area contributed by atoms with Crippen LogP contribution in [0.3, 0.4) is 0 Å². The van der Waals surface area contributed by atoms with Gasteiger partial charge in [0.1, 0.15) is 21.4 Å². The molecular formula is C10H17NO5S2. The Hall–Kier alpha value is -0.760. The van der Waals surface area contributed by atoms with E-state index in [4.69, 9.17) is 0 Å². The van der Waals surface area contributed by atoms with Gasteiger partial charge >= 0.3 is 0 Å². The molecule has 0 radical (unpaired) electrons. The van der Waals surface area contributed by atoms with Crippen molar-refractivity contribution in [3.8, 4) is 0 Å². The van der Waals surface area contributed by atoms with E-state index < -0.39 is 20.6 Å². The Labute approximate surface area is 109 Å². The van der Waals surface area contributed by atoms with Gasteiger partial charge in [-0.25, -0.2) is 8.42 Å². The second kappa shape index (κ2) is 6.42. The summed E-state index contributed by atoms with van der Waals surface area (Å²) >= 11 is 0. The van der Waals surface area contributed by atoms with Crippen LogP contribution in [0.5, 0.6) is 0 Å². The molecule has 0 aromatic rings. The first kappa shape index (κ1) is 15.3. The number of hydrogen-bond donors (Lipinski definition) is 0. The molecule has 0 aromatic heterocycles. The minimum Gasteiger partial charge on any atom is -0.341 e. The zero-order valence-corrected chi connectivity index (χ0v) is 11.9. The number of rotatable bonds is 5. The Morgan fingerprint density at radius 1 is 1.33 bits per heavy atom. The minimum absolute atomic E-state index is 0.0165. The van der Waals surface area contributed by atoms with E-state index in [9.17, 15) is 22.2 Å². The summed E-state index contributed by atoms with van der Waals surface area (Å²) in [7, 11) is -4.61. The molecule has 0 N–H and O–H groups in total. The highest BCUT2D eigenvalue weighted by molar-refractivity contribution is 7.92. The third-order valence-corrected chi connectivity index (χ3v) is 5.07. The standard InChI is InChI=1S/C10H17NO5S2/c1-18(15,16)7-6-17(14)8-10(13)11-4-2-9(12)3-5-11/h2-8H2,1H3. The summed E-state index contributed by atoms with van der Waals surface area (Å²) in [5.41, 5.74) is 0. The number of ketones is 1. The van der Waals surface area contributed by atoms with Gasteiger partial charge in [0, 0.05) is 48.7 Å². The third kappa shape index (κ3) is 5.72. The lowest BCUT2D eigenvalue weighted by Crippen LogP contribution is -2.41. The molecule has 1 amide bonds. The maximum Gasteiger partial charge on any atom is 0.235 e. The molecule has 1 rings (SSSR count). The van der Waals surface area contributed by atoms with Crippen LogP contribution in [0, 0.1) is 0 Å². The van der Waals surface area contributed by atoms with Crippen molar-refractivity contribution < 1.29 is 22.2 Å². The topological polar surface area (TPSA) is 88.6 Å². The average molecular weight is 295 g/mol. The number of likely N-dealkylation sites (tertiary alicyclic amines) is 1. The van der Waals surface area contributed by atoms with Crippen LogP contribution < -0.4 is 0 Å². The first-order valence-corrected chi connectivity index (χ1v) is 9.15. The molecule has 0 saturated carbocycles. The molecule has 1 atom stereocenters. The van der Waals surface area contributed by atoms with Crippen molar-refractivity contribution in [2.24, 2.45) is 0 Å². The van der Waals surface area contributed by atoms with Crippen LogP contribution in [0.1, 0.15) is 12.8 Å². The molecule has 104 valence electrons. The quantitative estimate of drug-likeness (QED) is 0.647. The molecule has 1 unspecified atom stereocenters. The van der Waals surface area contributed by atoms with Crippen molar-refractivity contribution in [2.75, 3.05) is 36.6 Å². The average Bonchev–Trinajstić information content (AvgIpc) is 2.26. The van der Waals surface area contributed by atoms with E-state index >= 15 is 0 Å². The molecule has 1 saturated heterocycles. The Morgan fingerprint density at radius 3 is 2.39 bits per heavy atom. The summed E-state index contributed by atoms with van der Waals surface area (Å²) in [6.45, 7) is 0.752. The van der Waals surface area contributed by atoms with Crippen LogP contribution in [0.2, 0.25) is 0 Å². The third-order valence-electron chi connectivity index (χ3n) is 2.64. The highest BCUT2D eigenvalue weighted by Gasteiger charge is 2.22. The van der Waals surface area contributed by atoms with Crippen LogP contribution in [0.15, 0.2) is 0 Å². The fourth-order valence-corrected chi connectivity index (χ4v) is 4.11. The number of hydrogen-bond acceptors (Lipinski definition) is 5. The SMILES string of the molecule is CS(=O)(=O)CCS(=O)CC(=O)N1CCC(=O)CC1. The molecule has 0 aromatic carbocycles. The number of sulfone groups is 1. The van der Waals surface area contributed by atoms with Crippen molar-refractivity contribution in [1.29, 1.82) is 0 Å². The van der Waals surface area contributed by atoms with Gasteiger partial charge in [-0.1, -0.05) is 0 Å². The van der Waals surface area contributed by atoms with Crippen molar-refractivity contribution in [3.05, 3.63) is 0 Å². The van der Waals surface area contributed by atoms with Gasteiger partial charge in [0.15, 0.2) is 0 Å². The molecule has 18 heavy (non-hydrogen) atoms. The first-order valence-electron chi connectivity index (χ1n) is 5.60. The smallest absolute Gasteiger partial charge is 0.235 e. The molecule has 1 aliphatic heterocycles. The first-order chi connectivity index (χ1) is 8.28. The Kier molecular flexibility index (Phi) is 5.46. The molecule has 8 heteroatoms. The van der Waals surface area contributed by atoms with Gasteiger partial charge in [-0.15, -0.1) is 0 Å². The second-order valence-corrected chi connectivity index (χ2v) is 8.17. The van der Waals surface area contributed by atoms with E-state index in [0.717, 1.165) is 6.26 Å². The lowest BCUT2D eigenvalue weighted by molar-refractivity contribution is -0.132. The van der Waals surface area contributed by atoms with Crippen molar-refractivity contribution in [3.63, 3.8) is 0 Å². The van der Waals surface area contributed by atoms with E-state index in [1.807, 2.05) is 0 Å². The monoisotopic (exact) mass is 295 g/mol. The fourth-order valence-electron chi connectivity index (χ4n) is 1.55. The summed E-state index contributed by atoms with van der Waals surface area (Å²) in [4.78, 5) is 24.2. The predicted molar refractivity (Wildman–Crippen MR) is 68.4 cm³/mol. The number of piperidine rings is 1. The number of carbonyl (C=O) groups excluding carboxylic acids is 2. The number of carbonyl (C=O) groups is 2. The lowest BCUT2D eigenvalue weighted by Gasteiger charge is -2.25. The molecular weight excluding hydrogens is 278 g/mol. The number of nitrogens with zero attached hydrogens (tertiary/aromatic N) is 1. The van der Waals surface area contributed by atoms with E-state index in [1.165, 1.54) is 4.90 Å². The van der Waals surface area contributed by atoms with Crippen LogP contribution in [-0.4, -0.2) is 65.8 Å². The van der Waals surface area contributed by atoms with Gasteiger partial charge in [0.05, 0.1) is 5.75 Å². The number of Topliss-reactive ketones (excluding diaryl/α,β-unsaturated/α-hetero) is 1. The van der Waals surface area contributed by atoms with E-state index in [2.05, 4.69) is 0 Å². The van der Waals surface area contributed by atoms with Crippen molar-refractivity contribution in [1.82, 2.24) is 4.90 Å². The highest BCUT2D eigenvalue weighted by Crippen LogP contribution is 2.06. The normalized spacial score (nSPS) is 18.7. The van der Waals surface area contributed by atoms with Crippen molar-refractivity contribution >= 4 is 32.3 Å². The zero-order valence-electron chi connectivity index (χ0n) is 10.3. The molecule has 0 bridgehead atoms. The summed E-state index contributed by atoms with van der Waals surface area (Å²) in [6, 6.07) is 0. The van der Waals surface area contributed by atoms with Gasteiger partial charge in [-0.05, 0) is 0 Å². The molecule has 6 nitrogen and oxygen atoms in total. The maximum absolute atomic E-state index is 11.7. The lowest BCUT2D eigenvalue weighted by atomic mass is 10.1. The van der Waals surface area contributed by atoms with E-state index in [1.54, 1.807) is 0 Å². The minimum atomic E-state index is -3.15. The van der Waals surface area contributed by atoms with Crippen LogP contribution in [-0.2, 0) is 30.2 Å². The molecule has 1 heterocycles. The Bertz CT molecular complexity index is 447. The van der Waals surface area contributed by atoms with Gasteiger partial charge in [0.25, 0.3) is 0 Å². The Morgan fingerprint density at radius 2 is 1.89 bits per heavy atom. The van der Waals surface area contributed by atoms with E-state index in [-0.39, 0.29) is 28.9 Å². The largest absolute Gasteiger partial charge is 0.341 e. The molecule has 1 fully saturated rings. The van der Waals surface area contributed by atoms with Crippen molar-refractivity contribution in [2.45, 2.75) is 12.8 Å². The summed E-state index contributed by atoms with van der Waals surface area (Å²) < 4.78 is 33.3. The van der Waals surface area contributed by atoms with Gasteiger partial charge in [-0.3, -0.25) is 13.8 Å². The van der Waals surface area contributed by atoms with E-state index in [0.29, 0.717) is 25.9 Å². The second-order valence-electron chi connectivity index (χ2n) is 4.34. The summed E-state index contributed by atoms with van der Waals surface area (Å²) in [5, 5.41) is 0. The van der Waals surface area contributed by atoms with Crippen LogP contribution in [0.4, 0.5) is 0 Å². The van der Waals surface area contributed by atoms with Crippen LogP contribution in [0.25, 0.3) is 0 Å². The molecule has 0 aliphatic carbocycles. The fraction of sp³-hybridized carbons (Fsp3) is 0.800. The van der Waals surface area contributed by atoms with Gasteiger partial charge in [-0.2, -0.15) is 0 Å². The predicted octanol–water partition coefficient (Wildman–Crippen LogP) is -1.03.